The maximum atomic E-state index is 12.2. The van der Waals surface area contributed by atoms with E-state index in [-0.39, 0.29) is 11.8 Å². The first-order valence-electron chi connectivity index (χ1n) is 7.42. The average molecular weight is 333 g/mol. The van der Waals surface area contributed by atoms with Crippen LogP contribution in [0.1, 0.15) is 5.56 Å². The van der Waals surface area contributed by atoms with E-state index in [0.29, 0.717) is 37.1 Å². The van der Waals surface area contributed by atoms with E-state index in [1.165, 1.54) is 0 Å². The molecule has 2 heterocycles. The van der Waals surface area contributed by atoms with Crippen LogP contribution in [0, 0.1) is 5.92 Å². The van der Waals surface area contributed by atoms with E-state index >= 15 is 0 Å². The zero-order chi connectivity index (χ0) is 16.1. The molecule has 1 unspecified atom stereocenters. The first kappa shape index (κ1) is 15.6. The van der Waals surface area contributed by atoms with Crippen molar-refractivity contribution in [2.45, 2.75) is 6.42 Å². The van der Waals surface area contributed by atoms with E-state index in [1.807, 2.05) is 12.1 Å². The zero-order valence-corrected chi connectivity index (χ0v) is 13.2. The van der Waals surface area contributed by atoms with Gasteiger partial charge in [0, 0.05) is 30.5 Å². The summed E-state index contributed by atoms with van der Waals surface area (Å²) < 4.78 is 5.63. The Labute approximate surface area is 139 Å². The Hall–Kier alpha value is -2.34. The van der Waals surface area contributed by atoms with Crippen LogP contribution in [0.15, 0.2) is 36.7 Å². The van der Waals surface area contributed by atoms with Crippen LogP contribution in [0.4, 0.5) is 5.95 Å². The number of benzene rings is 1. The monoisotopic (exact) mass is 332 g/mol. The van der Waals surface area contributed by atoms with Crippen molar-refractivity contribution in [3.8, 4) is 5.75 Å². The molecule has 0 bridgehead atoms. The molecule has 0 saturated carbocycles. The molecule has 23 heavy (non-hydrogen) atoms. The topological polar surface area (TPSA) is 76.1 Å². The lowest BCUT2D eigenvalue weighted by Gasteiger charge is -2.24. The predicted octanol–water partition coefficient (Wildman–Crippen LogP) is 1.91. The molecule has 0 spiro atoms. The van der Waals surface area contributed by atoms with Crippen molar-refractivity contribution in [2.24, 2.45) is 5.92 Å². The highest BCUT2D eigenvalue weighted by Gasteiger charge is 2.25. The summed E-state index contributed by atoms with van der Waals surface area (Å²) in [5, 5.41) is 6.59. The van der Waals surface area contributed by atoms with Gasteiger partial charge in [0.05, 0.1) is 5.92 Å². The van der Waals surface area contributed by atoms with Crippen molar-refractivity contribution in [3.05, 3.63) is 47.2 Å². The highest BCUT2D eigenvalue weighted by molar-refractivity contribution is 6.30. The van der Waals surface area contributed by atoms with Crippen molar-refractivity contribution < 1.29 is 9.53 Å². The quantitative estimate of drug-likeness (QED) is 0.818. The number of ether oxygens (including phenoxy) is 1. The minimum absolute atomic E-state index is 0.0218. The summed E-state index contributed by atoms with van der Waals surface area (Å²) in [4.78, 5) is 20.3. The summed E-state index contributed by atoms with van der Waals surface area (Å²) >= 11 is 5.99. The number of hydrogen-bond acceptors (Lipinski definition) is 5. The third-order valence-corrected chi connectivity index (χ3v) is 3.81. The molecule has 3 rings (SSSR count). The SMILES string of the molecule is O=C(NCCNc1ncccn1)C1COc2ccc(Cl)cc2C1. The third-order valence-electron chi connectivity index (χ3n) is 3.57. The predicted molar refractivity (Wildman–Crippen MR) is 87.7 cm³/mol. The fraction of sp³-hybridized carbons (Fsp3) is 0.312. The first-order valence-corrected chi connectivity index (χ1v) is 7.80. The normalized spacial score (nSPS) is 16.1. The number of nitrogens with zero attached hydrogens (tertiary/aromatic N) is 2. The van der Waals surface area contributed by atoms with E-state index in [2.05, 4.69) is 20.6 Å². The molecule has 1 aliphatic heterocycles. The number of aromatic nitrogens is 2. The lowest BCUT2D eigenvalue weighted by molar-refractivity contribution is -0.126. The zero-order valence-electron chi connectivity index (χ0n) is 12.5. The van der Waals surface area contributed by atoms with Crippen LogP contribution in [-0.2, 0) is 11.2 Å². The Morgan fingerprint density at radius 2 is 2.13 bits per heavy atom. The number of hydrogen-bond donors (Lipinski definition) is 2. The van der Waals surface area contributed by atoms with Gasteiger partial charge in [-0.1, -0.05) is 11.6 Å². The molecule has 1 atom stereocenters. The van der Waals surface area contributed by atoms with Gasteiger partial charge >= 0.3 is 0 Å². The van der Waals surface area contributed by atoms with Crippen LogP contribution >= 0.6 is 11.6 Å². The second-order valence-electron chi connectivity index (χ2n) is 5.25. The van der Waals surface area contributed by atoms with E-state index in [9.17, 15) is 4.79 Å². The number of rotatable bonds is 5. The molecule has 1 aliphatic rings. The number of halogens is 1. The Morgan fingerprint density at radius 3 is 2.96 bits per heavy atom. The number of carbonyl (C=O) groups is 1. The van der Waals surface area contributed by atoms with Gasteiger partial charge in [0.15, 0.2) is 0 Å². The second kappa shape index (κ2) is 7.28. The molecule has 1 aromatic carbocycles. The smallest absolute Gasteiger partial charge is 0.226 e. The van der Waals surface area contributed by atoms with Gasteiger partial charge in [-0.25, -0.2) is 9.97 Å². The molecule has 2 N–H and O–H groups in total. The molecular weight excluding hydrogens is 316 g/mol. The molecule has 0 aliphatic carbocycles. The van der Waals surface area contributed by atoms with E-state index in [1.54, 1.807) is 24.5 Å². The standard InChI is InChI=1S/C16H17ClN4O2/c17-13-2-3-14-11(9-13)8-12(10-23-14)15(22)18-6-7-21-16-19-4-1-5-20-16/h1-5,9,12H,6-8,10H2,(H,18,22)(H,19,20,21). The minimum Gasteiger partial charge on any atom is -0.492 e. The Morgan fingerprint density at radius 1 is 1.30 bits per heavy atom. The van der Waals surface area contributed by atoms with Crippen molar-refractivity contribution in [2.75, 3.05) is 25.0 Å². The molecule has 0 saturated heterocycles. The first-order chi connectivity index (χ1) is 11.2. The van der Waals surface area contributed by atoms with Crippen molar-refractivity contribution in [1.29, 1.82) is 0 Å². The molecule has 7 heteroatoms. The summed E-state index contributed by atoms with van der Waals surface area (Å²) in [6.45, 7) is 1.44. The summed E-state index contributed by atoms with van der Waals surface area (Å²) in [6, 6.07) is 7.23. The van der Waals surface area contributed by atoms with Crippen molar-refractivity contribution in [1.82, 2.24) is 15.3 Å². The lowest BCUT2D eigenvalue weighted by Crippen LogP contribution is -2.39. The van der Waals surface area contributed by atoms with Gasteiger partial charge in [-0.05, 0) is 36.2 Å². The van der Waals surface area contributed by atoms with E-state index in [4.69, 9.17) is 16.3 Å². The van der Waals surface area contributed by atoms with E-state index in [0.717, 1.165) is 11.3 Å². The Balaban J connectivity index is 1.46. The Bertz CT molecular complexity index is 681. The maximum Gasteiger partial charge on any atom is 0.226 e. The van der Waals surface area contributed by atoms with Gasteiger partial charge in [-0.2, -0.15) is 0 Å². The highest BCUT2D eigenvalue weighted by Crippen LogP contribution is 2.29. The fourth-order valence-electron chi connectivity index (χ4n) is 2.43. The van der Waals surface area contributed by atoms with Crippen LogP contribution in [0.5, 0.6) is 5.75 Å². The number of nitrogens with one attached hydrogen (secondary N) is 2. The Kier molecular flexibility index (Phi) is 4.92. The molecule has 1 amide bonds. The molecule has 0 fully saturated rings. The van der Waals surface area contributed by atoms with Crippen LogP contribution in [0.2, 0.25) is 5.02 Å². The van der Waals surface area contributed by atoms with Gasteiger partial charge in [0.1, 0.15) is 12.4 Å². The number of carbonyl (C=O) groups excluding carboxylic acids is 1. The molecule has 0 radical (unpaired) electrons. The van der Waals surface area contributed by atoms with Crippen LogP contribution in [0.3, 0.4) is 0 Å². The molecular formula is C16H17ClN4O2. The number of amides is 1. The lowest BCUT2D eigenvalue weighted by atomic mass is 9.96. The van der Waals surface area contributed by atoms with Gasteiger partial charge < -0.3 is 15.4 Å². The highest BCUT2D eigenvalue weighted by atomic mass is 35.5. The third kappa shape index (κ3) is 4.10. The molecule has 1 aromatic heterocycles. The minimum atomic E-state index is -0.200. The van der Waals surface area contributed by atoms with Crippen molar-refractivity contribution >= 4 is 23.5 Å². The second-order valence-corrected chi connectivity index (χ2v) is 5.69. The van der Waals surface area contributed by atoms with Gasteiger partial charge in [-0.3, -0.25) is 4.79 Å². The average Bonchev–Trinajstić information content (AvgIpc) is 2.58. The molecule has 6 nitrogen and oxygen atoms in total. The van der Waals surface area contributed by atoms with Gasteiger partial charge in [0.25, 0.3) is 0 Å². The van der Waals surface area contributed by atoms with E-state index < -0.39 is 0 Å². The van der Waals surface area contributed by atoms with Crippen LogP contribution in [0.25, 0.3) is 0 Å². The summed E-state index contributed by atoms with van der Waals surface area (Å²) in [5.41, 5.74) is 0.972. The van der Waals surface area contributed by atoms with Crippen LogP contribution in [-0.4, -0.2) is 35.6 Å². The fourth-order valence-corrected chi connectivity index (χ4v) is 2.62. The maximum absolute atomic E-state index is 12.2. The largest absolute Gasteiger partial charge is 0.492 e. The summed E-state index contributed by atoms with van der Waals surface area (Å²) in [5.74, 6) is 1.13. The molecule has 120 valence electrons. The number of anilines is 1. The summed E-state index contributed by atoms with van der Waals surface area (Å²) in [6.07, 6.45) is 3.96. The summed E-state index contributed by atoms with van der Waals surface area (Å²) in [7, 11) is 0. The van der Waals surface area contributed by atoms with Gasteiger partial charge in [0.2, 0.25) is 11.9 Å². The van der Waals surface area contributed by atoms with Gasteiger partial charge in [-0.15, -0.1) is 0 Å². The van der Waals surface area contributed by atoms with Crippen molar-refractivity contribution in [3.63, 3.8) is 0 Å². The number of fused-ring (bicyclic) bond motifs is 1. The molecule has 2 aromatic rings. The van der Waals surface area contributed by atoms with Crippen LogP contribution < -0.4 is 15.4 Å².